The maximum Gasteiger partial charge on any atom is 0.234 e. The second-order valence-electron chi connectivity index (χ2n) is 5.46. The Labute approximate surface area is 108 Å². The molecule has 2 rings (SSSR count). The molecule has 0 bridgehead atoms. The molecule has 3 heteroatoms. The van der Waals surface area contributed by atoms with Gasteiger partial charge in [0.15, 0.2) is 0 Å². The van der Waals surface area contributed by atoms with Crippen molar-refractivity contribution in [3.8, 4) is 5.75 Å². The molecule has 1 aliphatic heterocycles. The van der Waals surface area contributed by atoms with Gasteiger partial charge < -0.3 is 10.1 Å². The largest absolute Gasteiger partial charge is 0.489 e. The second kappa shape index (κ2) is 4.16. The van der Waals surface area contributed by atoms with Crippen molar-refractivity contribution in [2.75, 3.05) is 11.9 Å². The SMILES string of the molecule is C=C(C)COc1ccc(C)c2c1C(C)(C)C(=O)N2. The highest BCUT2D eigenvalue weighted by Gasteiger charge is 2.41. The summed E-state index contributed by atoms with van der Waals surface area (Å²) in [6, 6.07) is 3.90. The molecule has 1 aromatic rings. The van der Waals surface area contributed by atoms with Crippen molar-refractivity contribution in [3.05, 3.63) is 35.4 Å². The highest BCUT2D eigenvalue weighted by atomic mass is 16.5. The van der Waals surface area contributed by atoms with Gasteiger partial charge in [-0.05, 0) is 44.9 Å². The van der Waals surface area contributed by atoms with Crippen molar-refractivity contribution in [2.45, 2.75) is 33.1 Å². The van der Waals surface area contributed by atoms with Gasteiger partial charge in [0.05, 0.1) is 11.1 Å². The van der Waals surface area contributed by atoms with Gasteiger partial charge in [0.25, 0.3) is 0 Å². The molecule has 0 unspecified atom stereocenters. The Balaban J connectivity index is 2.49. The van der Waals surface area contributed by atoms with Gasteiger partial charge in [-0.1, -0.05) is 12.6 Å². The lowest BCUT2D eigenvalue weighted by Gasteiger charge is -2.19. The molecule has 3 nitrogen and oxygen atoms in total. The first kappa shape index (κ1) is 12.7. The summed E-state index contributed by atoms with van der Waals surface area (Å²) in [5.74, 6) is 0.786. The maximum absolute atomic E-state index is 12.0. The molecule has 0 saturated carbocycles. The normalized spacial score (nSPS) is 16.1. The van der Waals surface area contributed by atoms with Crippen molar-refractivity contribution in [1.82, 2.24) is 0 Å². The lowest BCUT2D eigenvalue weighted by molar-refractivity contribution is -0.119. The number of nitrogens with one attached hydrogen (secondary N) is 1. The average Bonchev–Trinajstić information content (AvgIpc) is 2.51. The highest BCUT2D eigenvalue weighted by Crippen LogP contribution is 2.44. The van der Waals surface area contributed by atoms with E-state index in [0.29, 0.717) is 6.61 Å². The zero-order valence-electron chi connectivity index (χ0n) is 11.4. The van der Waals surface area contributed by atoms with E-state index in [0.717, 1.165) is 28.1 Å². The summed E-state index contributed by atoms with van der Waals surface area (Å²) in [7, 11) is 0. The van der Waals surface area contributed by atoms with E-state index >= 15 is 0 Å². The number of carbonyl (C=O) groups excluding carboxylic acids is 1. The molecular formula is C15H19NO2. The molecule has 0 spiro atoms. The minimum atomic E-state index is -0.550. The molecule has 0 aromatic heterocycles. The standard InChI is InChI=1S/C15H19NO2/c1-9(2)8-18-11-7-6-10(3)13-12(11)15(4,5)14(17)16-13/h6-7H,1,8H2,2-5H3,(H,16,17). The van der Waals surface area contributed by atoms with E-state index in [9.17, 15) is 4.79 Å². The van der Waals surface area contributed by atoms with Crippen LogP contribution in [0.3, 0.4) is 0 Å². The summed E-state index contributed by atoms with van der Waals surface area (Å²) in [6.07, 6.45) is 0. The van der Waals surface area contributed by atoms with Crippen LogP contribution in [0.25, 0.3) is 0 Å². The predicted molar refractivity (Wildman–Crippen MR) is 73.1 cm³/mol. The summed E-state index contributed by atoms with van der Waals surface area (Å²) >= 11 is 0. The Morgan fingerprint density at radius 2 is 2.11 bits per heavy atom. The van der Waals surface area contributed by atoms with Gasteiger partial charge in [-0.2, -0.15) is 0 Å². The minimum absolute atomic E-state index is 0.0203. The lowest BCUT2D eigenvalue weighted by atomic mass is 9.85. The topological polar surface area (TPSA) is 38.3 Å². The molecular weight excluding hydrogens is 226 g/mol. The van der Waals surface area contributed by atoms with Crippen molar-refractivity contribution in [1.29, 1.82) is 0 Å². The fraction of sp³-hybridized carbons (Fsp3) is 0.400. The third-order valence-electron chi connectivity index (χ3n) is 3.28. The van der Waals surface area contributed by atoms with Crippen LogP contribution in [0.4, 0.5) is 5.69 Å². The molecule has 0 fully saturated rings. The number of anilines is 1. The van der Waals surface area contributed by atoms with E-state index in [1.807, 2.05) is 39.8 Å². The first-order chi connectivity index (χ1) is 8.34. The minimum Gasteiger partial charge on any atom is -0.489 e. The number of fused-ring (bicyclic) bond motifs is 1. The van der Waals surface area contributed by atoms with Crippen LogP contribution >= 0.6 is 0 Å². The van der Waals surface area contributed by atoms with Crippen molar-refractivity contribution in [3.63, 3.8) is 0 Å². The van der Waals surface area contributed by atoms with Gasteiger partial charge in [-0.25, -0.2) is 0 Å². The molecule has 0 atom stereocenters. The van der Waals surface area contributed by atoms with Crippen LogP contribution in [0.1, 0.15) is 31.9 Å². The maximum atomic E-state index is 12.0. The van der Waals surface area contributed by atoms with E-state index in [1.54, 1.807) is 0 Å². The number of benzene rings is 1. The van der Waals surface area contributed by atoms with Crippen LogP contribution in [0.2, 0.25) is 0 Å². The van der Waals surface area contributed by atoms with Crippen molar-refractivity contribution >= 4 is 11.6 Å². The highest BCUT2D eigenvalue weighted by molar-refractivity contribution is 6.07. The Hall–Kier alpha value is -1.77. The number of hydrogen-bond acceptors (Lipinski definition) is 2. The van der Waals surface area contributed by atoms with Gasteiger partial charge in [-0.15, -0.1) is 0 Å². The number of ether oxygens (including phenoxy) is 1. The number of rotatable bonds is 3. The van der Waals surface area contributed by atoms with Crippen LogP contribution in [-0.2, 0) is 10.2 Å². The van der Waals surface area contributed by atoms with Crippen molar-refractivity contribution in [2.24, 2.45) is 0 Å². The van der Waals surface area contributed by atoms with Crippen LogP contribution in [0.5, 0.6) is 5.75 Å². The summed E-state index contributed by atoms with van der Waals surface area (Å²) in [5, 5.41) is 2.94. The average molecular weight is 245 g/mol. The number of aryl methyl sites for hydroxylation is 1. The zero-order valence-corrected chi connectivity index (χ0v) is 11.4. The van der Waals surface area contributed by atoms with Crippen LogP contribution in [0, 0.1) is 6.92 Å². The fourth-order valence-electron chi connectivity index (χ4n) is 2.17. The first-order valence-electron chi connectivity index (χ1n) is 6.06. The number of hydrogen-bond donors (Lipinski definition) is 1. The molecule has 18 heavy (non-hydrogen) atoms. The molecule has 1 amide bonds. The van der Waals surface area contributed by atoms with Crippen molar-refractivity contribution < 1.29 is 9.53 Å². The van der Waals surface area contributed by atoms with Gasteiger partial charge >= 0.3 is 0 Å². The van der Waals surface area contributed by atoms with Gasteiger partial charge in [-0.3, -0.25) is 4.79 Å². The molecule has 1 aromatic carbocycles. The molecule has 0 saturated heterocycles. The molecule has 0 radical (unpaired) electrons. The Morgan fingerprint density at radius 1 is 1.44 bits per heavy atom. The van der Waals surface area contributed by atoms with Crippen LogP contribution < -0.4 is 10.1 Å². The monoisotopic (exact) mass is 245 g/mol. The van der Waals surface area contributed by atoms with Crippen LogP contribution in [0.15, 0.2) is 24.3 Å². The molecule has 96 valence electrons. The smallest absolute Gasteiger partial charge is 0.234 e. The second-order valence-corrected chi connectivity index (χ2v) is 5.46. The van der Waals surface area contributed by atoms with Gasteiger partial charge in [0.2, 0.25) is 5.91 Å². The number of carbonyl (C=O) groups is 1. The predicted octanol–water partition coefficient (Wildman–Crippen LogP) is 3.18. The summed E-state index contributed by atoms with van der Waals surface area (Å²) in [5.41, 5.74) is 3.31. The van der Waals surface area contributed by atoms with E-state index in [2.05, 4.69) is 11.9 Å². The molecule has 0 aliphatic carbocycles. The zero-order chi connectivity index (χ0) is 13.5. The van der Waals surface area contributed by atoms with E-state index in [1.165, 1.54) is 0 Å². The molecule has 1 aliphatic rings. The Bertz CT molecular complexity index is 530. The Morgan fingerprint density at radius 3 is 2.72 bits per heavy atom. The third-order valence-corrected chi connectivity index (χ3v) is 3.28. The molecule has 1 heterocycles. The van der Waals surface area contributed by atoms with E-state index in [4.69, 9.17) is 4.74 Å². The van der Waals surface area contributed by atoms with E-state index < -0.39 is 5.41 Å². The third kappa shape index (κ3) is 1.90. The number of amides is 1. The summed E-state index contributed by atoms with van der Waals surface area (Å²) in [4.78, 5) is 12.0. The summed E-state index contributed by atoms with van der Waals surface area (Å²) < 4.78 is 5.76. The molecule has 1 N–H and O–H groups in total. The lowest BCUT2D eigenvalue weighted by Crippen LogP contribution is -2.27. The van der Waals surface area contributed by atoms with Gasteiger partial charge in [0, 0.05) is 5.56 Å². The Kier molecular flexibility index (Phi) is 2.93. The van der Waals surface area contributed by atoms with Gasteiger partial charge in [0.1, 0.15) is 12.4 Å². The summed E-state index contributed by atoms with van der Waals surface area (Å²) in [6.45, 7) is 12.0. The van der Waals surface area contributed by atoms with Crippen LogP contribution in [-0.4, -0.2) is 12.5 Å². The first-order valence-corrected chi connectivity index (χ1v) is 6.06. The van der Waals surface area contributed by atoms with E-state index in [-0.39, 0.29) is 5.91 Å². The fourth-order valence-corrected chi connectivity index (χ4v) is 2.17. The quantitative estimate of drug-likeness (QED) is 0.831.